The second-order valence-electron chi connectivity index (χ2n) is 5.60. The number of pyridine rings is 1. The number of hydrogen-bond donors (Lipinski definition) is 2. The molecule has 1 aromatic heterocycles. The molecule has 0 spiro atoms. The lowest BCUT2D eigenvalue weighted by atomic mass is 10.0. The van der Waals surface area contributed by atoms with Crippen LogP contribution in [0.4, 0.5) is 0 Å². The minimum absolute atomic E-state index is 0.00171. The van der Waals surface area contributed by atoms with Crippen molar-refractivity contribution < 1.29 is 9.47 Å². The van der Waals surface area contributed by atoms with Gasteiger partial charge in [-0.1, -0.05) is 0 Å². The van der Waals surface area contributed by atoms with Crippen LogP contribution in [0.1, 0.15) is 43.6 Å². The fourth-order valence-corrected chi connectivity index (χ4v) is 2.83. The van der Waals surface area contributed by atoms with Crippen LogP contribution in [0.2, 0.25) is 0 Å². The molecule has 1 aromatic rings. The number of aromatic nitrogens is 1. The molecule has 0 radical (unpaired) electrons. The minimum atomic E-state index is -0.00171. The summed E-state index contributed by atoms with van der Waals surface area (Å²) < 4.78 is 11.8. The van der Waals surface area contributed by atoms with Crippen molar-refractivity contribution in [2.75, 3.05) is 0 Å². The van der Waals surface area contributed by atoms with Gasteiger partial charge in [-0.15, -0.1) is 0 Å². The quantitative estimate of drug-likeness (QED) is 0.656. The fraction of sp³-hybridized carbons (Fsp3) is 0.600. The van der Waals surface area contributed by atoms with Crippen LogP contribution in [-0.2, 0) is 4.74 Å². The van der Waals surface area contributed by atoms with Gasteiger partial charge in [-0.25, -0.2) is 0 Å². The van der Waals surface area contributed by atoms with Crippen LogP contribution in [0, 0.1) is 19.3 Å². The first-order chi connectivity index (χ1) is 9.36. The molecule has 20 heavy (non-hydrogen) atoms. The van der Waals surface area contributed by atoms with Gasteiger partial charge < -0.3 is 15.2 Å². The first kappa shape index (κ1) is 14.8. The summed E-state index contributed by atoms with van der Waals surface area (Å²) in [5.41, 5.74) is 7.87. The number of ether oxygens (including phenoxy) is 2. The lowest BCUT2D eigenvalue weighted by Gasteiger charge is -2.32. The molecule has 0 aliphatic carbocycles. The minimum Gasteiger partial charge on any atom is -0.489 e. The van der Waals surface area contributed by atoms with Gasteiger partial charge in [-0.3, -0.25) is 10.4 Å². The van der Waals surface area contributed by atoms with E-state index in [9.17, 15) is 0 Å². The molecule has 2 unspecified atom stereocenters. The maximum Gasteiger partial charge on any atom is 0.134 e. The van der Waals surface area contributed by atoms with E-state index in [2.05, 4.69) is 18.8 Å². The van der Waals surface area contributed by atoms with Gasteiger partial charge in [-0.05, 0) is 27.7 Å². The summed E-state index contributed by atoms with van der Waals surface area (Å²) in [6.07, 6.45) is 2.17. The predicted molar refractivity (Wildman–Crippen MR) is 78.4 cm³/mol. The summed E-state index contributed by atoms with van der Waals surface area (Å²) in [5, 5.41) is 7.72. The predicted octanol–water partition coefficient (Wildman–Crippen LogP) is 2.32. The summed E-state index contributed by atoms with van der Waals surface area (Å²) in [5.74, 6) is 0.659. The second kappa shape index (κ2) is 5.79. The number of rotatable bonds is 3. The van der Waals surface area contributed by atoms with E-state index in [4.69, 9.17) is 20.6 Å². The molecule has 2 rings (SSSR count). The van der Waals surface area contributed by atoms with Crippen LogP contribution in [0.3, 0.4) is 0 Å². The Morgan fingerprint density at radius 1 is 1.35 bits per heavy atom. The van der Waals surface area contributed by atoms with Crippen LogP contribution in [-0.4, -0.2) is 29.1 Å². The molecule has 0 bridgehead atoms. The number of amidine groups is 1. The van der Waals surface area contributed by atoms with E-state index < -0.39 is 0 Å². The summed E-state index contributed by atoms with van der Waals surface area (Å²) in [6.45, 7) is 7.88. The standard InChI is InChI=1S/C15H23N3O2/c1-8-5-13(14(15(16)17)11(4)18-8)20-12-6-9(2)19-10(3)7-12/h5,9-10,12H,6-7H2,1-4H3,(H3,16,17). The zero-order valence-electron chi connectivity index (χ0n) is 12.6. The third-order valence-electron chi connectivity index (χ3n) is 3.51. The van der Waals surface area contributed by atoms with Crippen LogP contribution < -0.4 is 10.5 Å². The van der Waals surface area contributed by atoms with Gasteiger partial charge in [0.1, 0.15) is 17.7 Å². The molecule has 1 fully saturated rings. The molecule has 110 valence electrons. The van der Waals surface area contributed by atoms with E-state index in [1.54, 1.807) is 0 Å². The normalized spacial score (nSPS) is 26.3. The summed E-state index contributed by atoms with van der Waals surface area (Å²) in [7, 11) is 0. The number of aryl methyl sites for hydroxylation is 2. The Labute approximate surface area is 120 Å². The van der Waals surface area contributed by atoms with Crippen LogP contribution in [0.5, 0.6) is 5.75 Å². The van der Waals surface area contributed by atoms with Crippen molar-refractivity contribution >= 4 is 5.84 Å². The SMILES string of the molecule is Cc1cc(OC2CC(C)OC(C)C2)c(C(=N)N)c(C)n1. The van der Waals surface area contributed by atoms with Crippen molar-refractivity contribution in [3.63, 3.8) is 0 Å². The smallest absolute Gasteiger partial charge is 0.134 e. The Kier molecular flexibility index (Phi) is 4.28. The van der Waals surface area contributed by atoms with Crippen molar-refractivity contribution in [1.82, 2.24) is 4.98 Å². The highest BCUT2D eigenvalue weighted by atomic mass is 16.5. The van der Waals surface area contributed by atoms with E-state index in [0.29, 0.717) is 11.3 Å². The van der Waals surface area contributed by atoms with E-state index >= 15 is 0 Å². The monoisotopic (exact) mass is 277 g/mol. The van der Waals surface area contributed by atoms with Crippen molar-refractivity contribution in [1.29, 1.82) is 5.41 Å². The Morgan fingerprint density at radius 2 is 1.95 bits per heavy atom. The lowest BCUT2D eigenvalue weighted by Crippen LogP contribution is -2.36. The molecule has 5 heteroatoms. The maximum atomic E-state index is 7.72. The third-order valence-corrected chi connectivity index (χ3v) is 3.51. The van der Waals surface area contributed by atoms with E-state index in [0.717, 1.165) is 24.2 Å². The highest BCUT2D eigenvalue weighted by Gasteiger charge is 2.27. The first-order valence-corrected chi connectivity index (χ1v) is 7.01. The average molecular weight is 277 g/mol. The molecule has 2 atom stereocenters. The lowest BCUT2D eigenvalue weighted by molar-refractivity contribution is -0.0722. The molecule has 0 saturated carbocycles. The maximum absolute atomic E-state index is 7.72. The molecular weight excluding hydrogens is 254 g/mol. The Balaban J connectivity index is 2.26. The number of nitrogen functional groups attached to an aromatic ring is 1. The van der Waals surface area contributed by atoms with Crippen LogP contribution >= 0.6 is 0 Å². The topological polar surface area (TPSA) is 81.2 Å². The Bertz CT molecular complexity index is 506. The fourth-order valence-electron chi connectivity index (χ4n) is 2.83. The van der Waals surface area contributed by atoms with Gasteiger partial charge >= 0.3 is 0 Å². The molecule has 0 amide bonds. The van der Waals surface area contributed by atoms with Gasteiger partial charge in [0, 0.05) is 24.6 Å². The molecule has 0 aromatic carbocycles. The molecule has 1 aliphatic rings. The first-order valence-electron chi connectivity index (χ1n) is 7.01. The third kappa shape index (κ3) is 3.28. The van der Waals surface area contributed by atoms with Gasteiger partial charge in [0.05, 0.1) is 23.5 Å². The van der Waals surface area contributed by atoms with Gasteiger partial charge in [0.25, 0.3) is 0 Å². The van der Waals surface area contributed by atoms with E-state index in [1.165, 1.54) is 0 Å². The van der Waals surface area contributed by atoms with Gasteiger partial charge in [-0.2, -0.15) is 0 Å². The Hall–Kier alpha value is -1.62. The Morgan fingerprint density at radius 3 is 2.50 bits per heavy atom. The molecule has 2 heterocycles. The zero-order valence-corrected chi connectivity index (χ0v) is 12.6. The summed E-state index contributed by atoms with van der Waals surface area (Å²) in [6, 6.07) is 1.86. The summed E-state index contributed by atoms with van der Waals surface area (Å²) in [4.78, 5) is 4.35. The second-order valence-corrected chi connectivity index (χ2v) is 5.60. The molecule has 5 nitrogen and oxygen atoms in total. The van der Waals surface area contributed by atoms with Crippen molar-refractivity contribution in [3.05, 3.63) is 23.0 Å². The van der Waals surface area contributed by atoms with Gasteiger partial charge in [0.2, 0.25) is 0 Å². The molecule has 1 aliphatic heterocycles. The number of nitrogens with one attached hydrogen (secondary N) is 1. The number of nitrogens with zero attached hydrogens (tertiary/aromatic N) is 1. The van der Waals surface area contributed by atoms with Gasteiger partial charge in [0.15, 0.2) is 0 Å². The van der Waals surface area contributed by atoms with Crippen molar-refractivity contribution in [3.8, 4) is 5.75 Å². The highest BCUT2D eigenvalue weighted by Crippen LogP contribution is 2.28. The summed E-state index contributed by atoms with van der Waals surface area (Å²) >= 11 is 0. The number of hydrogen-bond acceptors (Lipinski definition) is 4. The van der Waals surface area contributed by atoms with E-state index in [-0.39, 0.29) is 24.1 Å². The molecular formula is C15H23N3O2. The zero-order chi connectivity index (χ0) is 14.9. The molecule has 1 saturated heterocycles. The number of nitrogens with two attached hydrogens (primary N) is 1. The van der Waals surface area contributed by atoms with Crippen LogP contribution in [0.25, 0.3) is 0 Å². The largest absolute Gasteiger partial charge is 0.489 e. The average Bonchev–Trinajstić information content (AvgIpc) is 2.25. The molecule has 3 N–H and O–H groups in total. The van der Waals surface area contributed by atoms with E-state index in [1.807, 2.05) is 19.9 Å². The van der Waals surface area contributed by atoms with Crippen molar-refractivity contribution in [2.24, 2.45) is 5.73 Å². The van der Waals surface area contributed by atoms with Crippen molar-refractivity contribution in [2.45, 2.75) is 58.8 Å². The highest BCUT2D eigenvalue weighted by molar-refractivity contribution is 5.98. The van der Waals surface area contributed by atoms with Crippen LogP contribution in [0.15, 0.2) is 6.07 Å².